The average Bonchev–Trinajstić information content (AvgIpc) is 2.70. The van der Waals surface area contributed by atoms with Gasteiger partial charge in [0.2, 0.25) is 0 Å². The fourth-order valence-corrected chi connectivity index (χ4v) is 3.53. The summed E-state index contributed by atoms with van der Waals surface area (Å²) in [4.78, 5) is 14.1. The molecule has 0 aliphatic carbocycles. The minimum atomic E-state index is -0.421. The Morgan fingerprint density at radius 2 is 1.72 bits per heavy atom. The molecule has 0 aliphatic heterocycles. The molecular weight excluding hydrogens is 438 g/mol. The number of rotatable bonds is 8. The minimum absolute atomic E-state index is 0.0396. The van der Waals surface area contributed by atoms with Gasteiger partial charge in [-0.05, 0) is 44.5 Å². The summed E-state index contributed by atoms with van der Waals surface area (Å²) in [6.07, 6.45) is -0.382. The van der Waals surface area contributed by atoms with Crippen molar-refractivity contribution in [3.05, 3.63) is 51.5 Å². The van der Waals surface area contributed by atoms with Gasteiger partial charge in [0.25, 0.3) is 0 Å². The van der Waals surface area contributed by atoms with Crippen LogP contribution in [-0.2, 0) is 17.8 Å². The van der Waals surface area contributed by atoms with Gasteiger partial charge in [-0.1, -0.05) is 28.1 Å². The molecule has 0 fully saturated rings. The van der Waals surface area contributed by atoms with E-state index in [9.17, 15) is 4.79 Å². The van der Waals surface area contributed by atoms with Gasteiger partial charge >= 0.3 is 6.09 Å². The van der Waals surface area contributed by atoms with Gasteiger partial charge in [0.15, 0.2) is 0 Å². The first-order valence-electron chi connectivity index (χ1n) is 9.29. The topological polar surface area (TPSA) is 57.2 Å². The smallest absolute Gasteiger partial charge is 0.410 e. The van der Waals surface area contributed by atoms with Crippen LogP contribution in [0, 0.1) is 6.92 Å². The van der Waals surface area contributed by atoms with Crippen LogP contribution in [0.3, 0.4) is 0 Å². The molecule has 0 radical (unpaired) electrons. The van der Waals surface area contributed by atoms with Crippen LogP contribution in [0.1, 0.15) is 30.5 Å². The van der Waals surface area contributed by atoms with Crippen LogP contribution in [0.5, 0.6) is 17.2 Å². The quantitative estimate of drug-likeness (QED) is 0.527. The highest BCUT2D eigenvalue weighted by Crippen LogP contribution is 2.38. The summed E-state index contributed by atoms with van der Waals surface area (Å²) >= 11 is 3.61. The van der Waals surface area contributed by atoms with Crippen molar-refractivity contribution in [3.8, 4) is 17.2 Å². The molecule has 0 aliphatic rings. The summed E-state index contributed by atoms with van der Waals surface area (Å²) in [5, 5.41) is 0. The van der Waals surface area contributed by atoms with Crippen molar-refractivity contribution in [2.45, 2.75) is 40.0 Å². The first-order chi connectivity index (χ1) is 13.8. The molecule has 2 rings (SSSR count). The molecule has 0 aromatic heterocycles. The molecule has 0 unspecified atom stereocenters. The summed E-state index contributed by atoms with van der Waals surface area (Å²) in [5.74, 6) is 2.19. The maximum Gasteiger partial charge on any atom is 0.410 e. The Bertz CT molecular complexity index is 836. The molecule has 158 valence electrons. The second kappa shape index (κ2) is 10.4. The fraction of sp³-hybridized carbons (Fsp3) is 0.409. The molecule has 0 N–H and O–H groups in total. The summed E-state index contributed by atoms with van der Waals surface area (Å²) in [6, 6.07) is 9.49. The lowest BCUT2D eigenvalue weighted by Gasteiger charge is -2.25. The van der Waals surface area contributed by atoms with Crippen molar-refractivity contribution in [3.63, 3.8) is 0 Å². The first-order valence-corrected chi connectivity index (χ1v) is 10.1. The molecule has 6 nitrogen and oxygen atoms in total. The van der Waals surface area contributed by atoms with Gasteiger partial charge in [0.05, 0.1) is 34.0 Å². The Labute approximate surface area is 180 Å². The predicted octanol–water partition coefficient (Wildman–Crippen LogP) is 5.33. The van der Waals surface area contributed by atoms with Crippen molar-refractivity contribution in [1.82, 2.24) is 4.90 Å². The molecule has 0 heterocycles. The minimum Gasteiger partial charge on any atom is -0.497 e. The maximum atomic E-state index is 12.5. The molecular formula is C22H28BrNO5. The zero-order chi connectivity index (χ0) is 21.6. The van der Waals surface area contributed by atoms with Gasteiger partial charge in [0.1, 0.15) is 17.2 Å². The summed E-state index contributed by atoms with van der Waals surface area (Å²) in [7, 11) is 4.61. The van der Waals surface area contributed by atoms with Crippen molar-refractivity contribution < 1.29 is 23.7 Å². The van der Waals surface area contributed by atoms with Crippen LogP contribution < -0.4 is 14.2 Å². The molecule has 0 spiro atoms. The molecule has 7 heteroatoms. The molecule has 0 saturated carbocycles. The average molecular weight is 466 g/mol. The van der Waals surface area contributed by atoms with E-state index in [-0.39, 0.29) is 6.10 Å². The second-order valence-corrected chi connectivity index (χ2v) is 7.69. The van der Waals surface area contributed by atoms with Gasteiger partial charge in [-0.2, -0.15) is 0 Å². The lowest BCUT2D eigenvalue weighted by Crippen LogP contribution is -2.30. The van der Waals surface area contributed by atoms with Gasteiger partial charge < -0.3 is 18.9 Å². The van der Waals surface area contributed by atoms with Crippen LogP contribution in [0.15, 0.2) is 34.8 Å². The van der Waals surface area contributed by atoms with Crippen LogP contribution in [-0.4, -0.2) is 38.4 Å². The lowest BCUT2D eigenvalue weighted by molar-refractivity contribution is 0.117. The van der Waals surface area contributed by atoms with E-state index < -0.39 is 6.09 Å². The Kier molecular flexibility index (Phi) is 8.20. The number of hydrogen-bond donors (Lipinski definition) is 0. The number of ether oxygens (including phenoxy) is 4. The van der Waals surface area contributed by atoms with E-state index in [2.05, 4.69) is 15.9 Å². The van der Waals surface area contributed by atoms with E-state index in [1.54, 1.807) is 19.1 Å². The lowest BCUT2D eigenvalue weighted by atomic mass is 10.1. The van der Waals surface area contributed by atoms with E-state index in [0.717, 1.165) is 32.7 Å². The van der Waals surface area contributed by atoms with Gasteiger partial charge in [0, 0.05) is 22.1 Å². The second-order valence-electron chi connectivity index (χ2n) is 6.83. The van der Waals surface area contributed by atoms with Crippen molar-refractivity contribution >= 4 is 22.0 Å². The van der Waals surface area contributed by atoms with Crippen LogP contribution in [0.4, 0.5) is 4.79 Å². The standard InChI is InChI=1S/C22H28BrNO5/c1-14(2)29-20-11-19(23)18(21(27-5)15(20)3)13-24(22(25)28-6)12-16-7-9-17(26-4)10-8-16/h7-11,14H,12-13H2,1-6H3. The number of carbonyl (C=O) groups is 1. The van der Waals surface area contributed by atoms with Crippen LogP contribution in [0.2, 0.25) is 0 Å². The Morgan fingerprint density at radius 3 is 2.24 bits per heavy atom. The molecule has 0 atom stereocenters. The largest absolute Gasteiger partial charge is 0.497 e. The number of carbonyl (C=O) groups excluding carboxylic acids is 1. The highest BCUT2D eigenvalue weighted by Gasteiger charge is 2.22. The number of methoxy groups -OCH3 is 3. The van der Waals surface area contributed by atoms with Crippen molar-refractivity contribution in [2.75, 3.05) is 21.3 Å². The molecule has 0 saturated heterocycles. The highest BCUT2D eigenvalue weighted by molar-refractivity contribution is 9.10. The summed E-state index contributed by atoms with van der Waals surface area (Å²) in [5.41, 5.74) is 2.69. The highest BCUT2D eigenvalue weighted by atomic mass is 79.9. The van der Waals surface area contributed by atoms with E-state index in [1.807, 2.05) is 51.1 Å². The van der Waals surface area contributed by atoms with E-state index in [4.69, 9.17) is 18.9 Å². The molecule has 2 aromatic rings. The molecule has 2 aromatic carbocycles. The van der Waals surface area contributed by atoms with Crippen LogP contribution >= 0.6 is 15.9 Å². The first kappa shape index (κ1) is 22.9. The number of hydrogen-bond acceptors (Lipinski definition) is 5. The SMILES string of the molecule is COC(=O)N(Cc1ccc(OC)cc1)Cc1c(Br)cc(OC(C)C)c(C)c1OC. The van der Waals surface area contributed by atoms with Crippen LogP contribution in [0.25, 0.3) is 0 Å². The number of benzene rings is 2. The summed E-state index contributed by atoms with van der Waals surface area (Å²) in [6.45, 7) is 6.59. The third-order valence-corrected chi connectivity index (χ3v) is 5.12. The van der Waals surface area contributed by atoms with Crippen molar-refractivity contribution in [1.29, 1.82) is 0 Å². The summed E-state index contributed by atoms with van der Waals surface area (Å²) < 4.78 is 22.6. The number of amides is 1. The molecule has 29 heavy (non-hydrogen) atoms. The van der Waals surface area contributed by atoms with Gasteiger partial charge in [-0.25, -0.2) is 4.79 Å². The normalized spacial score (nSPS) is 10.6. The third-order valence-electron chi connectivity index (χ3n) is 4.41. The van der Waals surface area contributed by atoms with E-state index in [0.29, 0.717) is 18.8 Å². The fourth-order valence-electron chi connectivity index (χ4n) is 3.01. The molecule has 0 bridgehead atoms. The molecule has 1 amide bonds. The predicted molar refractivity (Wildman–Crippen MR) is 116 cm³/mol. The van der Waals surface area contributed by atoms with Gasteiger partial charge in [-0.15, -0.1) is 0 Å². The zero-order valence-electron chi connectivity index (χ0n) is 17.7. The Balaban J connectivity index is 2.36. The van der Waals surface area contributed by atoms with E-state index >= 15 is 0 Å². The number of nitrogens with zero attached hydrogens (tertiary/aromatic N) is 1. The maximum absolute atomic E-state index is 12.5. The monoisotopic (exact) mass is 465 g/mol. The Hall–Kier alpha value is -2.41. The zero-order valence-corrected chi connectivity index (χ0v) is 19.3. The van der Waals surface area contributed by atoms with E-state index in [1.165, 1.54) is 7.11 Å². The third kappa shape index (κ3) is 5.79. The van der Waals surface area contributed by atoms with Gasteiger partial charge in [-0.3, -0.25) is 4.90 Å². The van der Waals surface area contributed by atoms with Crippen molar-refractivity contribution in [2.24, 2.45) is 0 Å². The number of halogens is 1. The Morgan fingerprint density at radius 1 is 1.07 bits per heavy atom.